The van der Waals surface area contributed by atoms with Crippen LogP contribution in [0.15, 0.2) is 18.3 Å². The molecule has 0 saturated carbocycles. The Morgan fingerprint density at radius 2 is 2.38 bits per heavy atom. The normalized spacial score (nSPS) is 12.2. The van der Waals surface area contributed by atoms with E-state index in [0.29, 0.717) is 5.56 Å². The lowest BCUT2D eigenvalue weighted by molar-refractivity contribution is 0.0939. The van der Waals surface area contributed by atoms with Gasteiger partial charge < -0.3 is 5.32 Å². The molecule has 0 aromatic carbocycles. The molecular formula is C11H15FN2OS. The molecule has 0 radical (unpaired) electrons. The first-order valence-corrected chi connectivity index (χ1v) is 6.48. The maximum atomic E-state index is 12.6. The summed E-state index contributed by atoms with van der Waals surface area (Å²) in [5, 5.41) is 2.88. The van der Waals surface area contributed by atoms with Crippen LogP contribution in [-0.2, 0) is 0 Å². The Hall–Kier alpha value is -1.10. The molecule has 1 rings (SSSR count). The molecule has 1 aromatic rings. The minimum absolute atomic E-state index is 0.146. The number of hydrogen-bond acceptors (Lipinski definition) is 3. The number of carbonyl (C=O) groups excluding carboxylic acids is 1. The Morgan fingerprint density at radius 1 is 1.62 bits per heavy atom. The van der Waals surface area contributed by atoms with Gasteiger partial charge in [0.05, 0.1) is 5.56 Å². The monoisotopic (exact) mass is 242 g/mol. The Balaban J connectivity index is 2.60. The van der Waals surface area contributed by atoms with Crippen molar-refractivity contribution in [3.63, 3.8) is 0 Å². The van der Waals surface area contributed by atoms with Gasteiger partial charge >= 0.3 is 0 Å². The molecule has 1 unspecified atom stereocenters. The molecule has 0 bridgehead atoms. The number of pyridine rings is 1. The molecule has 3 nitrogen and oxygen atoms in total. The highest BCUT2D eigenvalue weighted by molar-refractivity contribution is 7.98. The van der Waals surface area contributed by atoms with Crippen LogP contribution in [0, 0.1) is 5.95 Å². The molecule has 1 aromatic heterocycles. The fourth-order valence-corrected chi connectivity index (χ4v) is 1.96. The fraction of sp³-hybridized carbons (Fsp3) is 0.455. The lowest BCUT2D eigenvalue weighted by Gasteiger charge is -2.15. The molecule has 0 saturated heterocycles. The van der Waals surface area contributed by atoms with Crippen molar-refractivity contribution >= 4 is 17.7 Å². The number of rotatable bonds is 5. The Labute approximate surface area is 98.8 Å². The first kappa shape index (κ1) is 13.0. The van der Waals surface area contributed by atoms with Gasteiger partial charge in [-0.15, -0.1) is 0 Å². The highest BCUT2D eigenvalue weighted by atomic mass is 32.2. The maximum Gasteiger partial charge on any atom is 0.253 e. The molecule has 16 heavy (non-hydrogen) atoms. The van der Waals surface area contributed by atoms with Crippen molar-refractivity contribution in [3.05, 3.63) is 29.8 Å². The number of hydrogen-bond donors (Lipinski definition) is 1. The van der Waals surface area contributed by atoms with Crippen LogP contribution < -0.4 is 5.32 Å². The molecule has 88 valence electrons. The third-order valence-corrected chi connectivity index (χ3v) is 2.92. The largest absolute Gasteiger partial charge is 0.348 e. The molecule has 0 spiro atoms. The summed E-state index contributed by atoms with van der Waals surface area (Å²) in [6.45, 7) is 2.02. The second kappa shape index (κ2) is 6.48. The third-order valence-electron chi connectivity index (χ3n) is 2.19. The standard InChI is InChI=1S/C11H15FN2OS/c1-3-9(7-16-2)14-11(15)8-4-5-10(12)13-6-8/h4-6,9H,3,7H2,1-2H3,(H,14,15). The van der Waals surface area contributed by atoms with E-state index in [0.717, 1.165) is 12.2 Å². The molecule has 1 N–H and O–H groups in total. The van der Waals surface area contributed by atoms with Crippen molar-refractivity contribution in [1.29, 1.82) is 0 Å². The van der Waals surface area contributed by atoms with Crippen molar-refractivity contribution in [1.82, 2.24) is 10.3 Å². The molecular weight excluding hydrogens is 227 g/mol. The summed E-state index contributed by atoms with van der Waals surface area (Å²) in [6.07, 6.45) is 4.12. The summed E-state index contributed by atoms with van der Waals surface area (Å²) in [7, 11) is 0. The highest BCUT2D eigenvalue weighted by Crippen LogP contribution is 2.04. The first-order valence-electron chi connectivity index (χ1n) is 5.08. The van der Waals surface area contributed by atoms with E-state index in [2.05, 4.69) is 10.3 Å². The molecule has 1 heterocycles. The van der Waals surface area contributed by atoms with E-state index in [1.807, 2.05) is 13.2 Å². The van der Waals surface area contributed by atoms with Crippen molar-refractivity contribution in [2.24, 2.45) is 0 Å². The number of halogens is 1. The minimum Gasteiger partial charge on any atom is -0.348 e. The van der Waals surface area contributed by atoms with Crippen LogP contribution in [0.3, 0.4) is 0 Å². The average molecular weight is 242 g/mol. The summed E-state index contributed by atoms with van der Waals surface area (Å²) in [6, 6.07) is 2.76. The number of nitrogens with one attached hydrogen (secondary N) is 1. The van der Waals surface area contributed by atoms with E-state index in [4.69, 9.17) is 0 Å². The predicted molar refractivity (Wildman–Crippen MR) is 64.1 cm³/mol. The van der Waals surface area contributed by atoms with E-state index in [9.17, 15) is 9.18 Å². The zero-order valence-corrected chi connectivity index (χ0v) is 10.2. The van der Waals surface area contributed by atoms with Gasteiger partial charge in [0, 0.05) is 18.0 Å². The van der Waals surface area contributed by atoms with E-state index >= 15 is 0 Å². The van der Waals surface area contributed by atoms with Crippen molar-refractivity contribution in [2.75, 3.05) is 12.0 Å². The van der Waals surface area contributed by atoms with Crippen molar-refractivity contribution < 1.29 is 9.18 Å². The fourth-order valence-electron chi connectivity index (χ4n) is 1.24. The molecule has 1 amide bonds. The molecule has 0 aliphatic rings. The highest BCUT2D eigenvalue weighted by Gasteiger charge is 2.11. The van der Waals surface area contributed by atoms with E-state index in [1.165, 1.54) is 18.3 Å². The number of amides is 1. The number of nitrogens with zero attached hydrogens (tertiary/aromatic N) is 1. The SMILES string of the molecule is CCC(CSC)NC(=O)c1ccc(F)nc1. The second-order valence-electron chi connectivity index (χ2n) is 3.40. The summed E-state index contributed by atoms with van der Waals surface area (Å²) in [5.74, 6) is 0.0951. The van der Waals surface area contributed by atoms with Crippen molar-refractivity contribution in [2.45, 2.75) is 19.4 Å². The van der Waals surface area contributed by atoms with Crippen LogP contribution in [0.25, 0.3) is 0 Å². The summed E-state index contributed by atoms with van der Waals surface area (Å²) in [5.41, 5.74) is 0.390. The van der Waals surface area contributed by atoms with Gasteiger partial charge in [0.2, 0.25) is 5.95 Å². The Bertz CT molecular complexity index is 342. The van der Waals surface area contributed by atoms with Crippen LogP contribution in [0.5, 0.6) is 0 Å². The van der Waals surface area contributed by atoms with Crippen LogP contribution in [0.2, 0.25) is 0 Å². The van der Waals surface area contributed by atoms with Crippen molar-refractivity contribution in [3.8, 4) is 0 Å². The van der Waals surface area contributed by atoms with E-state index in [1.54, 1.807) is 11.8 Å². The molecule has 0 fully saturated rings. The van der Waals surface area contributed by atoms with Gasteiger partial charge in [-0.1, -0.05) is 6.92 Å². The maximum absolute atomic E-state index is 12.6. The molecule has 0 aliphatic heterocycles. The van der Waals surface area contributed by atoms with Gasteiger partial charge in [-0.3, -0.25) is 4.79 Å². The Morgan fingerprint density at radius 3 is 2.88 bits per heavy atom. The van der Waals surface area contributed by atoms with Crippen LogP contribution >= 0.6 is 11.8 Å². The molecule has 5 heteroatoms. The lowest BCUT2D eigenvalue weighted by atomic mass is 10.2. The lowest BCUT2D eigenvalue weighted by Crippen LogP contribution is -2.36. The molecule has 1 atom stereocenters. The van der Waals surface area contributed by atoms with Gasteiger partial charge in [-0.25, -0.2) is 4.98 Å². The minimum atomic E-state index is -0.576. The van der Waals surface area contributed by atoms with E-state index in [-0.39, 0.29) is 11.9 Å². The molecule has 0 aliphatic carbocycles. The van der Waals surface area contributed by atoms with Gasteiger partial charge in [0.25, 0.3) is 5.91 Å². The number of carbonyl (C=O) groups is 1. The average Bonchev–Trinajstić information content (AvgIpc) is 2.29. The van der Waals surface area contributed by atoms with Crippen LogP contribution in [0.4, 0.5) is 4.39 Å². The summed E-state index contributed by atoms with van der Waals surface area (Å²) >= 11 is 1.68. The predicted octanol–water partition coefficient (Wildman–Crippen LogP) is 2.09. The van der Waals surface area contributed by atoms with E-state index < -0.39 is 5.95 Å². The van der Waals surface area contributed by atoms with Gasteiger partial charge in [0.15, 0.2) is 0 Å². The second-order valence-corrected chi connectivity index (χ2v) is 4.31. The Kier molecular flexibility index (Phi) is 5.25. The summed E-state index contributed by atoms with van der Waals surface area (Å²) < 4.78 is 12.6. The van der Waals surface area contributed by atoms with Crippen LogP contribution in [0.1, 0.15) is 23.7 Å². The zero-order chi connectivity index (χ0) is 12.0. The number of thioether (sulfide) groups is 1. The summed E-state index contributed by atoms with van der Waals surface area (Å²) in [4.78, 5) is 15.2. The number of aromatic nitrogens is 1. The van der Waals surface area contributed by atoms with Gasteiger partial charge in [0.1, 0.15) is 0 Å². The smallest absolute Gasteiger partial charge is 0.253 e. The zero-order valence-electron chi connectivity index (χ0n) is 9.37. The quantitative estimate of drug-likeness (QED) is 0.804. The first-order chi connectivity index (χ1) is 7.67. The van der Waals surface area contributed by atoms with Crippen LogP contribution in [-0.4, -0.2) is 28.9 Å². The third kappa shape index (κ3) is 3.81. The van der Waals surface area contributed by atoms with Gasteiger partial charge in [-0.05, 0) is 24.8 Å². The topological polar surface area (TPSA) is 42.0 Å². The van der Waals surface area contributed by atoms with Gasteiger partial charge in [-0.2, -0.15) is 16.2 Å².